The predicted molar refractivity (Wildman–Crippen MR) is 104 cm³/mol. The van der Waals surface area contributed by atoms with Crippen molar-refractivity contribution in [3.8, 4) is 5.75 Å². The third-order valence-electron chi connectivity index (χ3n) is 4.69. The lowest BCUT2D eigenvalue weighted by Crippen LogP contribution is -2.48. The summed E-state index contributed by atoms with van der Waals surface area (Å²) in [6.45, 7) is 3.73. The number of rotatable bonds is 3. The molecule has 6 nitrogen and oxygen atoms in total. The first kappa shape index (κ1) is 18.0. The van der Waals surface area contributed by atoms with Gasteiger partial charge in [-0.3, -0.25) is 4.98 Å². The Bertz CT molecular complexity index is 1110. The average molecular weight is 377 g/mol. The van der Waals surface area contributed by atoms with E-state index in [2.05, 4.69) is 4.98 Å². The number of carbonyl (C=O) groups excluding carboxylic acids is 1. The Kier molecular flexibility index (Phi) is 4.47. The molecule has 0 aliphatic carbocycles. The van der Waals surface area contributed by atoms with Gasteiger partial charge in [0.05, 0.1) is 5.69 Å². The molecule has 28 heavy (non-hydrogen) atoms. The van der Waals surface area contributed by atoms with Crippen LogP contribution in [0.5, 0.6) is 5.75 Å². The Morgan fingerprint density at radius 1 is 1.25 bits per heavy atom. The van der Waals surface area contributed by atoms with E-state index in [4.69, 9.17) is 13.9 Å². The number of nitrogens with zero attached hydrogens (tertiary/aromatic N) is 1. The Labute approximate surface area is 161 Å². The van der Waals surface area contributed by atoms with E-state index < -0.39 is 23.3 Å². The van der Waals surface area contributed by atoms with Crippen LogP contribution in [0, 0.1) is 0 Å². The van der Waals surface area contributed by atoms with Gasteiger partial charge in [0.15, 0.2) is 0 Å². The fourth-order valence-corrected chi connectivity index (χ4v) is 3.18. The van der Waals surface area contributed by atoms with E-state index in [9.17, 15) is 9.59 Å². The van der Waals surface area contributed by atoms with Gasteiger partial charge in [-0.05, 0) is 49.8 Å². The lowest BCUT2D eigenvalue weighted by atomic mass is 9.90. The molecule has 1 atom stereocenters. The summed E-state index contributed by atoms with van der Waals surface area (Å²) in [4.78, 5) is 27.9. The van der Waals surface area contributed by atoms with Crippen molar-refractivity contribution in [2.75, 3.05) is 0 Å². The smallest absolute Gasteiger partial charge is 0.336 e. The highest BCUT2D eigenvalue weighted by Crippen LogP contribution is 2.37. The minimum Gasteiger partial charge on any atom is -0.484 e. The Balaban J connectivity index is 1.56. The molecule has 1 aromatic carbocycles. The number of hydrogen-bond donors (Lipinski definition) is 0. The van der Waals surface area contributed by atoms with Gasteiger partial charge in [-0.1, -0.05) is 6.07 Å². The van der Waals surface area contributed by atoms with Crippen molar-refractivity contribution in [1.29, 1.82) is 0 Å². The van der Waals surface area contributed by atoms with E-state index in [1.165, 1.54) is 12.1 Å². The van der Waals surface area contributed by atoms with Gasteiger partial charge in [0.2, 0.25) is 0 Å². The van der Waals surface area contributed by atoms with Gasteiger partial charge in [-0.25, -0.2) is 9.59 Å². The molecule has 2 aromatic heterocycles. The number of ether oxygens (including phenoxy) is 2. The normalized spacial score (nSPS) is 17.9. The quantitative estimate of drug-likeness (QED) is 0.395. The number of fused-ring (bicyclic) bond motifs is 2. The van der Waals surface area contributed by atoms with E-state index in [0.717, 1.165) is 10.9 Å². The standard InChI is InChI=1S/C22H19NO5/c1-22(2)19(27-21(25)9-7-16-5-3-4-10-23-16)12-15-11-14-6-8-20(24)26-17(14)13-18(15)28-22/h3-11,13,19H,12H2,1-2H3/b9-7+/t19-/m1/s1. The van der Waals surface area contributed by atoms with Crippen molar-refractivity contribution in [2.45, 2.75) is 32.0 Å². The summed E-state index contributed by atoms with van der Waals surface area (Å²) in [6, 6.07) is 12.2. The number of pyridine rings is 1. The molecule has 3 aromatic rings. The van der Waals surface area contributed by atoms with Crippen molar-refractivity contribution in [3.05, 3.63) is 76.4 Å². The summed E-state index contributed by atoms with van der Waals surface area (Å²) in [6.07, 6.45) is 4.67. The lowest BCUT2D eigenvalue weighted by molar-refractivity contribution is -0.155. The second kappa shape index (κ2) is 6.96. The zero-order valence-electron chi connectivity index (χ0n) is 15.5. The van der Waals surface area contributed by atoms with E-state index in [1.807, 2.05) is 32.0 Å². The van der Waals surface area contributed by atoms with Crippen molar-refractivity contribution < 1.29 is 18.7 Å². The predicted octanol–water partition coefficient (Wildman–Crippen LogP) is 3.53. The first-order valence-corrected chi connectivity index (χ1v) is 8.96. The number of hydrogen-bond acceptors (Lipinski definition) is 6. The van der Waals surface area contributed by atoms with Crippen LogP contribution in [0.4, 0.5) is 0 Å². The van der Waals surface area contributed by atoms with Crippen molar-refractivity contribution in [3.63, 3.8) is 0 Å². The maximum Gasteiger partial charge on any atom is 0.336 e. The third kappa shape index (κ3) is 3.67. The molecule has 3 heterocycles. The minimum absolute atomic E-state index is 0.408. The second-order valence-electron chi connectivity index (χ2n) is 7.18. The fraction of sp³-hybridized carbons (Fsp3) is 0.227. The second-order valence-corrected chi connectivity index (χ2v) is 7.18. The van der Waals surface area contributed by atoms with E-state index >= 15 is 0 Å². The van der Waals surface area contributed by atoms with E-state index in [-0.39, 0.29) is 0 Å². The number of carbonyl (C=O) groups is 1. The Hall–Kier alpha value is -3.41. The highest BCUT2D eigenvalue weighted by molar-refractivity contribution is 5.87. The van der Waals surface area contributed by atoms with Crippen molar-refractivity contribution in [2.24, 2.45) is 0 Å². The summed E-state index contributed by atoms with van der Waals surface area (Å²) in [5.74, 6) is 0.172. The first-order chi connectivity index (χ1) is 13.4. The average Bonchev–Trinajstić information content (AvgIpc) is 2.66. The molecule has 1 aliphatic heterocycles. The number of benzene rings is 1. The van der Waals surface area contributed by atoms with Gasteiger partial charge in [0, 0.05) is 36.2 Å². The van der Waals surface area contributed by atoms with Gasteiger partial charge in [-0.15, -0.1) is 0 Å². The molecule has 0 fully saturated rings. The molecule has 0 N–H and O–H groups in total. The van der Waals surface area contributed by atoms with Crippen molar-refractivity contribution >= 4 is 23.0 Å². The highest BCUT2D eigenvalue weighted by Gasteiger charge is 2.39. The van der Waals surface area contributed by atoms with Gasteiger partial charge < -0.3 is 13.9 Å². The van der Waals surface area contributed by atoms with Crippen LogP contribution in [0.2, 0.25) is 0 Å². The highest BCUT2D eigenvalue weighted by atomic mass is 16.6. The molecule has 0 amide bonds. The van der Waals surface area contributed by atoms with E-state index in [1.54, 1.807) is 30.5 Å². The van der Waals surface area contributed by atoms with Crippen molar-refractivity contribution in [1.82, 2.24) is 4.98 Å². The van der Waals surface area contributed by atoms with Crippen LogP contribution in [0.25, 0.3) is 17.0 Å². The molecular weight excluding hydrogens is 358 g/mol. The van der Waals surface area contributed by atoms with Gasteiger partial charge in [0.1, 0.15) is 23.0 Å². The molecule has 0 saturated carbocycles. The van der Waals surface area contributed by atoms with Crippen LogP contribution in [0.1, 0.15) is 25.1 Å². The van der Waals surface area contributed by atoms with Crippen LogP contribution in [0.3, 0.4) is 0 Å². The lowest BCUT2D eigenvalue weighted by Gasteiger charge is -2.39. The maximum absolute atomic E-state index is 12.3. The maximum atomic E-state index is 12.3. The topological polar surface area (TPSA) is 78.6 Å². The molecule has 0 spiro atoms. The molecule has 0 saturated heterocycles. The molecule has 4 rings (SSSR count). The van der Waals surface area contributed by atoms with Gasteiger partial charge >= 0.3 is 11.6 Å². The Morgan fingerprint density at radius 2 is 2.11 bits per heavy atom. The molecule has 0 radical (unpaired) electrons. The molecule has 0 unspecified atom stereocenters. The zero-order valence-corrected chi connectivity index (χ0v) is 15.5. The molecule has 1 aliphatic rings. The summed E-state index contributed by atoms with van der Waals surface area (Å²) < 4.78 is 17.0. The van der Waals surface area contributed by atoms with Crippen LogP contribution in [-0.4, -0.2) is 22.7 Å². The van der Waals surface area contributed by atoms with Crippen LogP contribution < -0.4 is 10.4 Å². The third-order valence-corrected chi connectivity index (χ3v) is 4.69. The Morgan fingerprint density at radius 3 is 2.89 bits per heavy atom. The monoisotopic (exact) mass is 377 g/mol. The summed E-state index contributed by atoms with van der Waals surface area (Å²) >= 11 is 0. The minimum atomic E-state index is -0.732. The fourth-order valence-electron chi connectivity index (χ4n) is 3.18. The zero-order chi connectivity index (χ0) is 19.7. The number of esters is 1. The largest absolute Gasteiger partial charge is 0.484 e. The molecular formula is C22H19NO5. The van der Waals surface area contributed by atoms with Crippen LogP contribution in [-0.2, 0) is 16.0 Å². The first-order valence-electron chi connectivity index (χ1n) is 8.96. The SMILES string of the molecule is CC1(C)Oc2cc3oc(=O)ccc3cc2C[C@H]1OC(=O)/C=C/c1ccccn1. The molecule has 0 bridgehead atoms. The summed E-state index contributed by atoms with van der Waals surface area (Å²) in [7, 11) is 0. The van der Waals surface area contributed by atoms with Crippen LogP contribution in [0.15, 0.2) is 63.9 Å². The summed E-state index contributed by atoms with van der Waals surface area (Å²) in [5, 5.41) is 0.793. The van der Waals surface area contributed by atoms with E-state index in [0.29, 0.717) is 23.4 Å². The molecule has 6 heteroatoms. The van der Waals surface area contributed by atoms with Crippen LogP contribution >= 0.6 is 0 Å². The number of aromatic nitrogens is 1. The summed E-state index contributed by atoms with van der Waals surface area (Å²) in [5.41, 5.74) is 0.901. The van der Waals surface area contributed by atoms with Gasteiger partial charge in [0.25, 0.3) is 0 Å². The van der Waals surface area contributed by atoms with Gasteiger partial charge in [-0.2, -0.15) is 0 Å². The molecule has 142 valence electrons.